The summed E-state index contributed by atoms with van der Waals surface area (Å²) in [5.41, 5.74) is 1.56. The summed E-state index contributed by atoms with van der Waals surface area (Å²) < 4.78 is 27.3. The number of rotatable bonds is 5. The third-order valence-corrected chi connectivity index (χ3v) is 3.50. The number of halogens is 3. The minimum absolute atomic E-state index is 0.105. The van der Waals surface area contributed by atoms with E-state index in [1.165, 1.54) is 0 Å². The van der Waals surface area contributed by atoms with Gasteiger partial charge in [-0.2, -0.15) is 5.10 Å². The van der Waals surface area contributed by atoms with Crippen molar-refractivity contribution in [2.24, 2.45) is 0 Å². The fourth-order valence-corrected chi connectivity index (χ4v) is 2.50. The Hall–Kier alpha value is -1.24. The monoisotopic (exact) mass is 360 g/mol. The number of fused-ring (bicyclic) bond motifs is 1. The highest BCUT2D eigenvalue weighted by atomic mass is 79.9. The zero-order chi connectivity index (χ0) is 15.6. The second-order valence-electron chi connectivity index (χ2n) is 5.89. The van der Waals surface area contributed by atoms with Crippen molar-refractivity contribution in [2.45, 2.75) is 32.6 Å². The standard InChI is InChI=1S/C14H19BrF2N4/c1-14(2,3)11-8-10-13(18-5-7-21(10)19-11)20(6-4-15)9-12(16)17/h5,7-8,12H,4,6,9H2,1-3H3. The van der Waals surface area contributed by atoms with E-state index >= 15 is 0 Å². The molecule has 2 aromatic heterocycles. The summed E-state index contributed by atoms with van der Waals surface area (Å²) in [6.07, 6.45) is 0.924. The summed E-state index contributed by atoms with van der Waals surface area (Å²) >= 11 is 3.30. The number of nitrogens with zero attached hydrogens (tertiary/aromatic N) is 4. The van der Waals surface area contributed by atoms with Crippen molar-refractivity contribution in [2.75, 3.05) is 23.3 Å². The van der Waals surface area contributed by atoms with E-state index in [0.717, 1.165) is 11.2 Å². The van der Waals surface area contributed by atoms with Crippen LogP contribution in [0.25, 0.3) is 5.52 Å². The highest BCUT2D eigenvalue weighted by molar-refractivity contribution is 9.09. The van der Waals surface area contributed by atoms with Gasteiger partial charge in [-0.05, 0) is 6.07 Å². The highest BCUT2D eigenvalue weighted by Gasteiger charge is 2.21. The Balaban J connectivity index is 2.49. The quantitative estimate of drug-likeness (QED) is 0.765. The van der Waals surface area contributed by atoms with Gasteiger partial charge in [0, 0.05) is 29.7 Å². The molecule has 2 heterocycles. The van der Waals surface area contributed by atoms with Gasteiger partial charge in [-0.15, -0.1) is 0 Å². The maximum absolute atomic E-state index is 12.8. The Morgan fingerprint density at radius 2 is 2.10 bits per heavy atom. The average Bonchev–Trinajstić information content (AvgIpc) is 2.81. The molecular formula is C14H19BrF2N4. The first-order valence-electron chi connectivity index (χ1n) is 6.77. The summed E-state index contributed by atoms with van der Waals surface area (Å²) in [6.45, 7) is 6.33. The molecule has 0 saturated carbocycles. The smallest absolute Gasteiger partial charge is 0.255 e. The lowest BCUT2D eigenvalue weighted by molar-refractivity contribution is 0.155. The molecule has 0 aliphatic carbocycles. The molecule has 0 radical (unpaired) electrons. The van der Waals surface area contributed by atoms with Crippen LogP contribution < -0.4 is 4.90 Å². The van der Waals surface area contributed by atoms with Gasteiger partial charge in [0.15, 0.2) is 5.82 Å². The van der Waals surface area contributed by atoms with E-state index in [0.29, 0.717) is 17.7 Å². The van der Waals surface area contributed by atoms with E-state index in [4.69, 9.17) is 0 Å². The summed E-state index contributed by atoms with van der Waals surface area (Å²) in [5.74, 6) is 0.542. The van der Waals surface area contributed by atoms with Crippen LogP contribution in [0, 0.1) is 0 Å². The molecule has 0 unspecified atom stereocenters. The molecule has 0 spiro atoms. The minimum Gasteiger partial charge on any atom is -0.348 e. The SMILES string of the molecule is CC(C)(C)c1cc2c(N(CCBr)CC(F)F)nccn2n1. The fraction of sp³-hybridized carbons (Fsp3) is 0.571. The van der Waals surface area contributed by atoms with Gasteiger partial charge in [-0.3, -0.25) is 0 Å². The molecule has 0 atom stereocenters. The molecule has 0 aromatic carbocycles. The second kappa shape index (κ2) is 6.25. The van der Waals surface area contributed by atoms with Crippen LogP contribution in [0.4, 0.5) is 14.6 Å². The maximum atomic E-state index is 12.8. The van der Waals surface area contributed by atoms with E-state index in [1.807, 2.05) is 6.07 Å². The van der Waals surface area contributed by atoms with Crippen molar-refractivity contribution in [1.29, 1.82) is 0 Å². The minimum atomic E-state index is -2.41. The zero-order valence-corrected chi connectivity index (χ0v) is 13.9. The summed E-state index contributed by atoms with van der Waals surface area (Å²) in [7, 11) is 0. The maximum Gasteiger partial charge on any atom is 0.255 e. The second-order valence-corrected chi connectivity index (χ2v) is 6.68. The average molecular weight is 361 g/mol. The van der Waals surface area contributed by atoms with Crippen LogP contribution >= 0.6 is 15.9 Å². The Labute approximate surface area is 131 Å². The highest BCUT2D eigenvalue weighted by Crippen LogP contribution is 2.26. The largest absolute Gasteiger partial charge is 0.348 e. The molecule has 7 heteroatoms. The fourth-order valence-electron chi connectivity index (χ4n) is 2.07. The first kappa shape index (κ1) is 16.1. The lowest BCUT2D eigenvalue weighted by Crippen LogP contribution is -2.31. The predicted octanol–water partition coefficient (Wildman–Crippen LogP) is 3.49. The van der Waals surface area contributed by atoms with Gasteiger partial charge >= 0.3 is 0 Å². The third kappa shape index (κ3) is 3.70. The zero-order valence-electron chi connectivity index (χ0n) is 12.4. The molecule has 0 amide bonds. The normalized spacial score (nSPS) is 12.3. The van der Waals surface area contributed by atoms with Crippen LogP contribution in [-0.4, -0.2) is 39.4 Å². The van der Waals surface area contributed by atoms with Crippen molar-refractivity contribution in [3.05, 3.63) is 24.2 Å². The molecule has 0 saturated heterocycles. The number of anilines is 1. The molecule has 0 N–H and O–H groups in total. The van der Waals surface area contributed by atoms with Gasteiger partial charge in [-0.1, -0.05) is 36.7 Å². The van der Waals surface area contributed by atoms with Crippen LogP contribution in [0.5, 0.6) is 0 Å². The molecule has 0 bridgehead atoms. The Bertz CT molecular complexity index is 607. The Morgan fingerprint density at radius 3 is 2.67 bits per heavy atom. The number of hydrogen-bond acceptors (Lipinski definition) is 3. The van der Waals surface area contributed by atoms with E-state index in [-0.39, 0.29) is 12.0 Å². The summed E-state index contributed by atoms with van der Waals surface area (Å²) in [6, 6.07) is 1.93. The van der Waals surface area contributed by atoms with E-state index < -0.39 is 6.43 Å². The van der Waals surface area contributed by atoms with Crippen molar-refractivity contribution in [1.82, 2.24) is 14.6 Å². The summed E-state index contributed by atoms with van der Waals surface area (Å²) in [5, 5.41) is 5.12. The van der Waals surface area contributed by atoms with Crippen LogP contribution in [0.2, 0.25) is 0 Å². The molecule has 2 aromatic rings. The van der Waals surface area contributed by atoms with Crippen molar-refractivity contribution >= 4 is 27.3 Å². The first-order chi connectivity index (χ1) is 9.82. The Kier molecular flexibility index (Phi) is 4.81. The summed E-state index contributed by atoms with van der Waals surface area (Å²) in [4.78, 5) is 5.87. The van der Waals surface area contributed by atoms with Crippen molar-refractivity contribution in [3.8, 4) is 0 Å². The predicted molar refractivity (Wildman–Crippen MR) is 83.7 cm³/mol. The topological polar surface area (TPSA) is 33.4 Å². The van der Waals surface area contributed by atoms with Crippen molar-refractivity contribution < 1.29 is 8.78 Å². The van der Waals surface area contributed by atoms with Gasteiger partial charge in [0.05, 0.1) is 12.2 Å². The van der Waals surface area contributed by atoms with Gasteiger partial charge in [0.25, 0.3) is 6.43 Å². The first-order valence-corrected chi connectivity index (χ1v) is 7.89. The van der Waals surface area contributed by atoms with Crippen LogP contribution in [-0.2, 0) is 5.41 Å². The van der Waals surface area contributed by atoms with Crippen LogP contribution in [0.1, 0.15) is 26.5 Å². The Morgan fingerprint density at radius 1 is 1.38 bits per heavy atom. The van der Waals surface area contributed by atoms with Gasteiger partial charge in [-0.25, -0.2) is 18.3 Å². The molecule has 0 aliphatic heterocycles. The number of hydrogen-bond donors (Lipinski definition) is 0. The third-order valence-electron chi connectivity index (χ3n) is 3.15. The van der Waals surface area contributed by atoms with E-state index in [2.05, 4.69) is 46.8 Å². The van der Waals surface area contributed by atoms with Gasteiger partial charge < -0.3 is 4.90 Å². The molecule has 0 fully saturated rings. The van der Waals surface area contributed by atoms with E-state index in [9.17, 15) is 8.78 Å². The number of alkyl halides is 3. The van der Waals surface area contributed by atoms with Gasteiger partial charge in [0.2, 0.25) is 0 Å². The van der Waals surface area contributed by atoms with E-state index in [1.54, 1.807) is 21.8 Å². The lowest BCUT2D eigenvalue weighted by atomic mass is 9.92. The molecule has 4 nitrogen and oxygen atoms in total. The number of aromatic nitrogens is 3. The molecule has 0 aliphatic rings. The molecule has 116 valence electrons. The van der Waals surface area contributed by atoms with Crippen molar-refractivity contribution in [3.63, 3.8) is 0 Å². The van der Waals surface area contributed by atoms with Gasteiger partial charge in [0.1, 0.15) is 5.52 Å². The molecule has 2 rings (SSSR count). The molecular weight excluding hydrogens is 342 g/mol. The van der Waals surface area contributed by atoms with Crippen LogP contribution in [0.3, 0.4) is 0 Å². The molecule has 21 heavy (non-hydrogen) atoms. The van der Waals surface area contributed by atoms with Crippen LogP contribution in [0.15, 0.2) is 18.5 Å². The lowest BCUT2D eigenvalue weighted by Gasteiger charge is -2.22.